The Balaban J connectivity index is 1.19. The number of ketones is 1. The van der Waals surface area contributed by atoms with Crippen molar-refractivity contribution in [3.8, 4) is 11.3 Å². The van der Waals surface area contributed by atoms with Crippen molar-refractivity contribution in [2.24, 2.45) is 23.7 Å². The fraction of sp³-hybridized carbons (Fsp3) is 0.258. The van der Waals surface area contributed by atoms with Crippen molar-refractivity contribution in [2.45, 2.75) is 19.3 Å². The number of thiophene rings is 1. The predicted molar refractivity (Wildman–Crippen MR) is 151 cm³/mol. The lowest BCUT2D eigenvalue weighted by molar-refractivity contribution is -0.123. The van der Waals surface area contributed by atoms with Crippen LogP contribution in [-0.4, -0.2) is 35.2 Å². The van der Waals surface area contributed by atoms with Gasteiger partial charge in [-0.05, 0) is 66.8 Å². The zero-order valence-electron chi connectivity index (χ0n) is 21.2. The van der Waals surface area contributed by atoms with Crippen molar-refractivity contribution in [1.82, 2.24) is 4.98 Å². The van der Waals surface area contributed by atoms with E-state index < -0.39 is 5.97 Å². The standard InChI is InChI=1S/C31H23ClN2O5S/c32-22-4-1-3-20-21(31(38)39-15-24(35)25-5-2-12-40-25)14-23(33-28(20)22)16-8-10-19(11-9-16)34-29(36)26-17-6-7-18(13-17)27(26)30(34)37/h1-5,8-12,14,17-18,26-27H,6-7,13,15H2. The number of para-hydroxylation sites is 1. The number of hydrogen-bond acceptors (Lipinski definition) is 7. The smallest absolute Gasteiger partial charge is 0.339 e. The van der Waals surface area contributed by atoms with Crippen LogP contribution in [0.25, 0.3) is 22.2 Å². The number of benzene rings is 2. The van der Waals surface area contributed by atoms with Crippen LogP contribution in [0.2, 0.25) is 5.02 Å². The zero-order chi connectivity index (χ0) is 27.5. The lowest BCUT2D eigenvalue weighted by atomic mass is 9.81. The number of pyridine rings is 1. The second-order valence-electron chi connectivity index (χ2n) is 10.6. The summed E-state index contributed by atoms with van der Waals surface area (Å²) in [5.41, 5.74) is 2.35. The topological polar surface area (TPSA) is 93.6 Å². The summed E-state index contributed by atoms with van der Waals surface area (Å²) in [6.45, 7) is -0.380. The van der Waals surface area contributed by atoms with Crippen molar-refractivity contribution < 1.29 is 23.9 Å². The SMILES string of the molecule is O=C(COC(=O)c1cc(-c2ccc(N3C(=O)C4C5CCC(C5)C4C3=O)cc2)nc2c(Cl)cccc12)c1cccs1. The molecule has 7 rings (SSSR count). The maximum Gasteiger partial charge on any atom is 0.339 e. The Hall–Kier alpha value is -3.88. The molecule has 4 unspecified atom stereocenters. The van der Waals surface area contributed by atoms with E-state index in [0.29, 0.717) is 49.6 Å². The molecule has 2 saturated carbocycles. The van der Waals surface area contributed by atoms with E-state index >= 15 is 0 Å². The molecule has 200 valence electrons. The van der Waals surface area contributed by atoms with E-state index in [2.05, 4.69) is 0 Å². The average molecular weight is 571 g/mol. The van der Waals surface area contributed by atoms with Crippen LogP contribution in [-0.2, 0) is 14.3 Å². The van der Waals surface area contributed by atoms with Gasteiger partial charge in [0.25, 0.3) is 0 Å². The van der Waals surface area contributed by atoms with Gasteiger partial charge in [0.2, 0.25) is 17.6 Å². The van der Waals surface area contributed by atoms with E-state index in [9.17, 15) is 19.2 Å². The van der Waals surface area contributed by atoms with Crippen LogP contribution in [0.3, 0.4) is 0 Å². The number of carbonyl (C=O) groups excluding carboxylic acids is 4. The molecule has 2 aliphatic carbocycles. The summed E-state index contributed by atoms with van der Waals surface area (Å²) in [5.74, 6) is -0.848. The number of aromatic nitrogens is 1. The van der Waals surface area contributed by atoms with Gasteiger partial charge in [-0.25, -0.2) is 9.78 Å². The first kappa shape index (κ1) is 25.1. The molecule has 7 nitrogen and oxygen atoms in total. The molecule has 0 radical (unpaired) electrons. The zero-order valence-corrected chi connectivity index (χ0v) is 22.8. The quantitative estimate of drug-likeness (QED) is 0.156. The second-order valence-corrected chi connectivity index (χ2v) is 12.0. The number of nitrogens with zero attached hydrogens (tertiary/aromatic N) is 2. The molecule has 3 aliphatic rings. The molecule has 4 atom stereocenters. The first-order valence-electron chi connectivity index (χ1n) is 13.2. The van der Waals surface area contributed by atoms with Gasteiger partial charge in [-0.2, -0.15) is 0 Å². The molecule has 2 amide bonds. The Morgan fingerprint density at radius 2 is 1.70 bits per heavy atom. The van der Waals surface area contributed by atoms with E-state index in [1.165, 1.54) is 16.2 Å². The molecular weight excluding hydrogens is 548 g/mol. The Kier molecular flexibility index (Phi) is 6.05. The average Bonchev–Trinajstić information content (AvgIpc) is 3.77. The van der Waals surface area contributed by atoms with Crippen LogP contribution in [0, 0.1) is 23.7 Å². The summed E-state index contributed by atoms with van der Waals surface area (Å²) in [4.78, 5) is 58.6. The van der Waals surface area contributed by atoms with Gasteiger partial charge in [0.15, 0.2) is 6.61 Å². The summed E-state index contributed by atoms with van der Waals surface area (Å²) in [5, 5.41) is 2.67. The highest BCUT2D eigenvalue weighted by molar-refractivity contribution is 7.12. The third kappa shape index (κ3) is 3.97. The van der Waals surface area contributed by atoms with E-state index in [1.807, 2.05) is 0 Å². The van der Waals surface area contributed by atoms with Crippen LogP contribution in [0.1, 0.15) is 39.3 Å². The Morgan fingerprint density at radius 3 is 2.38 bits per heavy atom. The minimum atomic E-state index is -0.660. The number of esters is 1. The van der Waals surface area contributed by atoms with E-state index in [-0.39, 0.29) is 41.6 Å². The minimum absolute atomic E-state index is 0.0901. The number of imide groups is 1. The predicted octanol–water partition coefficient (Wildman–Crippen LogP) is 6.19. The van der Waals surface area contributed by atoms with Gasteiger partial charge >= 0.3 is 5.97 Å². The van der Waals surface area contributed by atoms with Crippen LogP contribution in [0.4, 0.5) is 5.69 Å². The number of amides is 2. The van der Waals surface area contributed by atoms with Crippen LogP contribution in [0.5, 0.6) is 0 Å². The van der Waals surface area contributed by atoms with E-state index in [0.717, 1.165) is 19.3 Å². The first-order chi connectivity index (χ1) is 19.4. The maximum absolute atomic E-state index is 13.2. The van der Waals surface area contributed by atoms with Gasteiger partial charge in [0.1, 0.15) is 0 Å². The van der Waals surface area contributed by atoms with Crippen molar-refractivity contribution in [2.75, 3.05) is 11.5 Å². The van der Waals surface area contributed by atoms with Gasteiger partial charge in [-0.3, -0.25) is 19.3 Å². The van der Waals surface area contributed by atoms with Crippen molar-refractivity contribution in [3.05, 3.63) is 81.5 Å². The number of rotatable bonds is 6. The second kappa shape index (κ2) is 9.64. The fourth-order valence-electron chi connectivity index (χ4n) is 6.69. The van der Waals surface area contributed by atoms with Crippen LogP contribution in [0.15, 0.2) is 66.0 Å². The summed E-state index contributed by atoms with van der Waals surface area (Å²) >= 11 is 7.74. The molecule has 3 fully saturated rings. The van der Waals surface area contributed by atoms with E-state index in [1.54, 1.807) is 66.0 Å². The lowest BCUT2D eigenvalue weighted by Gasteiger charge is -2.19. The molecule has 2 aromatic carbocycles. The van der Waals surface area contributed by atoms with Crippen molar-refractivity contribution in [1.29, 1.82) is 0 Å². The molecule has 2 bridgehead atoms. The highest BCUT2D eigenvalue weighted by atomic mass is 35.5. The number of halogens is 1. The number of Topliss-reactive ketones (excluding diaryl/α,β-unsaturated/α-hetero) is 1. The highest BCUT2D eigenvalue weighted by Crippen LogP contribution is 2.56. The van der Waals surface area contributed by atoms with Gasteiger partial charge < -0.3 is 4.74 Å². The normalized spacial score (nSPS) is 23.2. The van der Waals surface area contributed by atoms with Gasteiger partial charge in [-0.1, -0.05) is 41.9 Å². The molecular formula is C31H23ClN2O5S. The van der Waals surface area contributed by atoms with E-state index in [4.69, 9.17) is 21.3 Å². The number of anilines is 1. The summed E-state index contributed by atoms with van der Waals surface area (Å²) in [6.07, 6.45) is 3.05. The van der Waals surface area contributed by atoms with Crippen LogP contribution < -0.4 is 4.90 Å². The number of fused-ring (bicyclic) bond motifs is 6. The largest absolute Gasteiger partial charge is 0.454 e. The molecule has 3 heterocycles. The molecule has 1 aliphatic heterocycles. The molecule has 2 aromatic heterocycles. The molecule has 0 N–H and O–H groups in total. The number of hydrogen-bond donors (Lipinski definition) is 0. The van der Waals surface area contributed by atoms with Gasteiger partial charge in [-0.15, -0.1) is 11.3 Å². The first-order valence-corrected chi connectivity index (χ1v) is 14.5. The van der Waals surface area contributed by atoms with Gasteiger partial charge in [0.05, 0.1) is 44.2 Å². The number of carbonyl (C=O) groups is 4. The Bertz CT molecular complexity index is 1670. The minimum Gasteiger partial charge on any atom is -0.454 e. The third-order valence-electron chi connectivity index (χ3n) is 8.49. The highest BCUT2D eigenvalue weighted by Gasteiger charge is 2.61. The Morgan fingerprint density at radius 1 is 0.975 bits per heavy atom. The molecule has 9 heteroatoms. The monoisotopic (exact) mass is 570 g/mol. The summed E-state index contributed by atoms with van der Waals surface area (Å²) in [7, 11) is 0. The lowest BCUT2D eigenvalue weighted by Crippen LogP contribution is -2.32. The molecule has 0 spiro atoms. The fourth-order valence-corrected chi connectivity index (χ4v) is 7.56. The van der Waals surface area contributed by atoms with Crippen molar-refractivity contribution in [3.63, 3.8) is 0 Å². The third-order valence-corrected chi connectivity index (χ3v) is 9.71. The summed E-state index contributed by atoms with van der Waals surface area (Å²) < 4.78 is 5.39. The maximum atomic E-state index is 13.2. The van der Waals surface area contributed by atoms with Gasteiger partial charge in [0, 0.05) is 10.9 Å². The summed E-state index contributed by atoms with van der Waals surface area (Å²) in [6, 6.07) is 17.2. The van der Waals surface area contributed by atoms with Crippen LogP contribution >= 0.6 is 22.9 Å². The molecule has 40 heavy (non-hydrogen) atoms. The number of ether oxygens (including phenoxy) is 1. The molecule has 1 saturated heterocycles. The van der Waals surface area contributed by atoms with Crippen molar-refractivity contribution >= 4 is 63.1 Å². The Labute approximate surface area is 238 Å². The molecule has 4 aromatic rings.